The Balaban J connectivity index is 1.56. The molecule has 1 heterocycles. The summed E-state index contributed by atoms with van der Waals surface area (Å²) in [6.45, 7) is 0.0525. The molecule has 5 rings (SSSR count). The Hall–Kier alpha value is -1.75. The average molecular weight is 532 g/mol. The smallest absolute Gasteiger partial charge is 0.214 e. The first-order valence-electron chi connectivity index (χ1n) is 11.2. The van der Waals surface area contributed by atoms with Crippen molar-refractivity contribution in [3.63, 3.8) is 0 Å². The molecule has 0 saturated heterocycles. The van der Waals surface area contributed by atoms with Gasteiger partial charge in [-0.1, -0.05) is 11.6 Å². The van der Waals surface area contributed by atoms with Gasteiger partial charge in [-0.15, -0.1) is 0 Å². The summed E-state index contributed by atoms with van der Waals surface area (Å²) >= 11 is 5.95. The number of benzene rings is 2. The molecule has 1 N–H and O–H groups in total. The van der Waals surface area contributed by atoms with E-state index in [-0.39, 0.29) is 53.4 Å². The average Bonchev–Trinajstić information content (AvgIpc) is 3.66. The molecule has 1 aliphatic heterocycles. The van der Waals surface area contributed by atoms with Crippen LogP contribution in [0.2, 0.25) is 5.02 Å². The van der Waals surface area contributed by atoms with Crippen molar-refractivity contribution in [3.8, 4) is 5.75 Å². The molecule has 2 aliphatic carbocycles. The molecule has 3 atom stereocenters. The van der Waals surface area contributed by atoms with Crippen molar-refractivity contribution in [2.45, 2.75) is 47.0 Å². The molecular formula is C23H24ClF2NO5S2. The van der Waals surface area contributed by atoms with Crippen molar-refractivity contribution in [2.24, 2.45) is 11.8 Å². The molecule has 0 bridgehead atoms. The van der Waals surface area contributed by atoms with E-state index in [9.17, 15) is 21.2 Å². The minimum atomic E-state index is -4.21. The van der Waals surface area contributed by atoms with Crippen LogP contribution in [0, 0.1) is 23.5 Å². The Morgan fingerprint density at radius 2 is 1.68 bits per heavy atom. The summed E-state index contributed by atoms with van der Waals surface area (Å²) in [5.74, 6) is -2.89. The third-order valence-corrected chi connectivity index (χ3v) is 12.0. The molecule has 0 unspecified atom stereocenters. The van der Waals surface area contributed by atoms with Gasteiger partial charge in [-0.2, -0.15) is 0 Å². The van der Waals surface area contributed by atoms with Crippen molar-refractivity contribution in [1.82, 2.24) is 4.72 Å². The standard InChI is InChI=1S/C23H24ClF2NO5S2/c24-16-1-3-17(4-2-16)33(28,29)23-10-9-14(12-27-34(30,31)18-5-6-18)11-15(23)13-32-22-20(26)8-7-19(25)21(22)23/h1-4,7-8,14-15,18,27H,5-6,9-13H2/t14-,15-,23+/m1/s1. The lowest BCUT2D eigenvalue weighted by Gasteiger charge is -2.49. The van der Waals surface area contributed by atoms with Gasteiger partial charge in [0.2, 0.25) is 10.0 Å². The van der Waals surface area contributed by atoms with Crippen LogP contribution in [0.15, 0.2) is 41.3 Å². The molecule has 2 aromatic carbocycles. The lowest BCUT2D eigenvalue weighted by molar-refractivity contribution is 0.0991. The predicted octanol–water partition coefficient (Wildman–Crippen LogP) is 4.18. The third-order valence-electron chi connectivity index (χ3n) is 7.25. The highest BCUT2D eigenvalue weighted by atomic mass is 35.5. The monoisotopic (exact) mass is 531 g/mol. The SMILES string of the molecule is O=S(=O)(NC[C@@H]1CC[C@@]2(S(=O)(=O)c3ccc(Cl)cc3)c3c(F)ccc(F)c3OC[C@H]2C1)C1CC1. The Labute approximate surface area is 202 Å². The first kappa shape index (κ1) is 24.0. The van der Waals surface area contributed by atoms with Crippen LogP contribution in [0.3, 0.4) is 0 Å². The fourth-order valence-electron chi connectivity index (χ4n) is 5.35. The number of ether oxygens (including phenoxy) is 1. The number of fused-ring (bicyclic) bond motifs is 3. The van der Waals surface area contributed by atoms with Gasteiger partial charge in [-0.05, 0) is 74.4 Å². The number of hydrogen-bond acceptors (Lipinski definition) is 5. The Kier molecular flexibility index (Phi) is 5.94. The lowest BCUT2D eigenvalue weighted by Crippen LogP contribution is -2.53. The van der Waals surface area contributed by atoms with Crippen molar-refractivity contribution in [2.75, 3.05) is 13.2 Å². The zero-order valence-electron chi connectivity index (χ0n) is 18.1. The summed E-state index contributed by atoms with van der Waals surface area (Å²) in [5.41, 5.74) is -0.282. The van der Waals surface area contributed by atoms with Crippen molar-refractivity contribution < 1.29 is 30.4 Å². The zero-order chi connectivity index (χ0) is 24.3. The molecule has 0 amide bonds. The second kappa shape index (κ2) is 8.43. The highest BCUT2D eigenvalue weighted by Gasteiger charge is 2.59. The zero-order valence-corrected chi connectivity index (χ0v) is 20.5. The summed E-state index contributed by atoms with van der Waals surface area (Å²) in [7, 11) is -7.60. The maximum absolute atomic E-state index is 15.3. The Bertz CT molecular complexity index is 1330. The van der Waals surface area contributed by atoms with E-state index in [2.05, 4.69) is 4.72 Å². The maximum atomic E-state index is 15.3. The fourth-order valence-corrected chi connectivity index (χ4v) is 9.30. The highest BCUT2D eigenvalue weighted by Crippen LogP contribution is 2.57. The van der Waals surface area contributed by atoms with Gasteiger partial charge in [0.15, 0.2) is 21.4 Å². The quantitative estimate of drug-likeness (QED) is 0.604. The van der Waals surface area contributed by atoms with Crippen LogP contribution in [0.1, 0.15) is 37.7 Å². The maximum Gasteiger partial charge on any atom is 0.214 e. The second-order valence-electron chi connectivity index (χ2n) is 9.32. The van der Waals surface area contributed by atoms with Gasteiger partial charge in [0.1, 0.15) is 10.6 Å². The molecule has 3 aliphatic rings. The van der Waals surface area contributed by atoms with E-state index >= 15 is 4.39 Å². The first-order valence-corrected chi connectivity index (χ1v) is 14.6. The van der Waals surface area contributed by atoms with E-state index in [1.54, 1.807) is 0 Å². The van der Waals surface area contributed by atoms with Crippen LogP contribution in [0.25, 0.3) is 0 Å². The minimum absolute atomic E-state index is 0.00911. The van der Waals surface area contributed by atoms with Crippen LogP contribution in [0.5, 0.6) is 5.75 Å². The van der Waals surface area contributed by atoms with E-state index in [0.29, 0.717) is 24.3 Å². The largest absolute Gasteiger partial charge is 0.490 e. The summed E-state index contributed by atoms with van der Waals surface area (Å²) < 4.78 is 89.1. The Morgan fingerprint density at radius 3 is 2.35 bits per heavy atom. The Morgan fingerprint density at radius 1 is 1.00 bits per heavy atom. The minimum Gasteiger partial charge on any atom is -0.490 e. The molecule has 0 radical (unpaired) electrons. The number of sulfone groups is 1. The number of hydrogen-bond donors (Lipinski definition) is 1. The summed E-state index contributed by atoms with van der Waals surface area (Å²) in [5, 5.41) is -0.00770. The van der Waals surface area contributed by atoms with E-state index in [4.69, 9.17) is 16.3 Å². The van der Waals surface area contributed by atoms with Gasteiger partial charge in [0, 0.05) is 17.5 Å². The number of halogens is 3. The van der Waals surface area contributed by atoms with Gasteiger partial charge in [-0.25, -0.2) is 30.3 Å². The van der Waals surface area contributed by atoms with Crippen molar-refractivity contribution >= 4 is 31.5 Å². The van der Waals surface area contributed by atoms with Crippen LogP contribution in [0.4, 0.5) is 8.78 Å². The number of nitrogens with one attached hydrogen (secondary N) is 1. The predicted molar refractivity (Wildman–Crippen MR) is 123 cm³/mol. The molecule has 0 spiro atoms. The van der Waals surface area contributed by atoms with Crippen LogP contribution >= 0.6 is 11.6 Å². The fraction of sp³-hybridized carbons (Fsp3) is 0.478. The number of sulfonamides is 1. The van der Waals surface area contributed by atoms with E-state index < -0.39 is 42.2 Å². The lowest BCUT2D eigenvalue weighted by atomic mass is 9.69. The summed E-state index contributed by atoms with van der Waals surface area (Å²) in [6.07, 6.45) is 1.90. The molecule has 6 nitrogen and oxygen atoms in total. The van der Waals surface area contributed by atoms with Gasteiger partial charge in [-0.3, -0.25) is 0 Å². The van der Waals surface area contributed by atoms with E-state index in [1.807, 2.05) is 0 Å². The number of rotatable bonds is 6. The van der Waals surface area contributed by atoms with Crippen molar-refractivity contribution in [1.29, 1.82) is 0 Å². The summed E-state index contributed by atoms with van der Waals surface area (Å²) in [4.78, 5) is -0.0358. The topological polar surface area (TPSA) is 89.5 Å². The molecule has 2 saturated carbocycles. The molecule has 2 aromatic rings. The molecule has 0 aromatic heterocycles. The first-order chi connectivity index (χ1) is 16.1. The van der Waals surface area contributed by atoms with E-state index in [1.165, 1.54) is 24.3 Å². The van der Waals surface area contributed by atoms with Crippen molar-refractivity contribution in [3.05, 3.63) is 58.6 Å². The summed E-state index contributed by atoms with van der Waals surface area (Å²) in [6, 6.07) is 7.47. The molecular weight excluding hydrogens is 508 g/mol. The molecule has 34 heavy (non-hydrogen) atoms. The molecule has 2 fully saturated rings. The van der Waals surface area contributed by atoms with Gasteiger partial charge in [0.05, 0.1) is 22.3 Å². The van der Waals surface area contributed by atoms with Gasteiger partial charge >= 0.3 is 0 Å². The van der Waals surface area contributed by atoms with Gasteiger partial charge in [0.25, 0.3) is 0 Å². The molecule has 184 valence electrons. The van der Waals surface area contributed by atoms with Crippen LogP contribution in [-0.2, 0) is 24.6 Å². The van der Waals surface area contributed by atoms with Crippen LogP contribution in [-0.4, -0.2) is 35.2 Å². The normalized spacial score (nSPS) is 26.9. The third kappa shape index (κ3) is 3.83. The van der Waals surface area contributed by atoms with Crippen LogP contribution < -0.4 is 9.46 Å². The van der Waals surface area contributed by atoms with Gasteiger partial charge < -0.3 is 4.74 Å². The second-order valence-corrected chi connectivity index (χ2v) is 14.0. The molecule has 11 heteroatoms. The highest BCUT2D eigenvalue weighted by molar-refractivity contribution is 7.92. The van der Waals surface area contributed by atoms with E-state index in [0.717, 1.165) is 12.1 Å².